The van der Waals surface area contributed by atoms with Crippen LogP contribution in [-0.2, 0) is 13.2 Å². The Balaban J connectivity index is 1.55. The van der Waals surface area contributed by atoms with Gasteiger partial charge in [0.15, 0.2) is 0 Å². The van der Waals surface area contributed by atoms with E-state index in [0.717, 1.165) is 33.1 Å². The Morgan fingerprint density at radius 1 is 0.920 bits per heavy atom. The van der Waals surface area contributed by atoms with Crippen molar-refractivity contribution in [2.24, 2.45) is 0 Å². The Bertz CT molecular complexity index is 832. The first-order valence-corrected chi connectivity index (χ1v) is 8.44. The molecule has 0 aliphatic rings. The van der Waals surface area contributed by atoms with E-state index >= 15 is 0 Å². The molecule has 0 unspecified atom stereocenters. The molecule has 0 saturated heterocycles. The predicted molar refractivity (Wildman–Crippen MR) is 101 cm³/mol. The minimum atomic E-state index is -0.240. The van der Waals surface area contributed by atoms with E-state index in [9.17, 15) is 4.39 Å². The highest BCUT2D eigenvalue weighted by Gasteiger charge is 2.01. The standard InChI is InChI=1S/C21H19ClFNO/c1-15-2-7-18(22)12-21(15)24-13-16-5-10-20(11-6-16)25-14-17-3-8-19(23)9-4-17/h2-12,24H,13-14H2,1H3. The van der Waals surface area contributed by atoms with Crippen molar-refractivity contribution in [2.45, 2.75) is 20.1 Å². The van der Waals surface area contributed by atoms with Crippen molar-refractivity contribution >= 4 is 17.3 Å². The Labute approximate surface area is 152 Å². The fourth-order valence-electron chi connectivity index (χ4n) is 2.43. The van der Waals surface area contributed by atoms with Crippen molar-refractivity contribution in [2.75, 3.05) is 5.32 Å². The zero-order chi connectivity index (χ0) is 17.6. The van der Waals surface area contributed by atoms with Crippen molar-refractivity contribution in [1.82, 2.24) is 0 Å². The third-order valence-corrected chi connectivity index (χ3v) is 4.16. The van der Waals surface area contributed by atoms with Gasteiger partial charge >= 0.3 is 0 Å². The maximum atomic E-state index is 12.9. The van der Waals surface area contributed by atoms with Gasteiger partial charge in [-0.2, -0.15) is 0 Å². The van der Waals surface area contributed by atoms with Crippen molar-refractivity contribution in [3.8, 4) is 5.75 Å². The zero-order valence-corrected chi connectivity index (χ0v) is 14.7. The number of ether oxygens (including phenoxy) is 1. The summed E-state index contributed by atoms with van der Waals surface area (Å²) in [7, 11) is 0. The molecule has 0 radical (unpaired) electrons. The van der Waals surface area contributed by atoms with Crippen LogP contribution in [0.25, 0.3) is 0 Å². The van der Waals surface area contributed by atoms with Crippen molar-refractivity contribution in [3.05, 3.63) is 94.3 Å². The fourth-order valence-corrected chi connectivity index (χ4v) is 2.60. The van der Waals surface area contributed by atoms with Crippen LogP contribution >= 0.6 is 11.6 Å². The molecule has 1 N–H and O–H groups in total. The average molecular weight is 356 g/mol. The lowest BCUT2D eigenvalue weighted by molar-refractivity contribution is 0.306. The summed E-state index contributed by atoms with van der Waals surface area (Å²) in [6.45, 7) is 3.17. The van der Waals surface area contributed by atoms with E-state index in [1.54, 1.807) is 12.1 Å². The number of halogens is 2. The van der Waals surface area contributed by atoms with E-state index in [4.69, 9.17) is 16.3 Å². The normalized spacial score (nSPS) is 10.5. The summed E-state index contributed by atoms with van der Waals surface area (Å²) in [6.07, 6.45) is 0. The molecule has 0 fully saturated rings. The predicted octanol–water partition coefficient (Wildman–Crippen LogP) is 5.98. The van der Waals surface area contributed by atoms with E-state index in [-0.39, 0.29) is 5.82 Å². The Hall–Kier alpha value is -2.52. The summed E-state index contributed by atoms with van der Waals surface area (Å²) >= 11 is 6.04. The molecule has 0 aromatic heterocycles. The van der Waals surface area contributed by atoms with Gasteiger partial charge in [-0.25, -0.2) is 4.39 Å². The summed E-state index contributed by atoms with van der Waals surface area (Å²) in [5.74, 6) is 0.544. The summed E-state index contributed by atoms with van der Waals surface area (Å²) in [5.41, 5.74) is 4.27. The highest BCUT2D eigenvalue weighted by molar-refractivity contribution is 6.30. The summed E-state index contributed by atoms with van der Waals surface area (Å²) in [6, 6.07) is 20.0. The monoisotopic (exact) mass is 355 g/mol. The number of hydrogen-bond donors (Lipinski definition) is 1. The maximum Gasteiger partial charge on any atom is 0.123 e. The lowest BCUT2D eigenvalue weighted by Gasteiger charge is -2.11. The molecule has 0 saturated carbocycles. The number of anilines is 1. The summed E-state index contributed by atoms with van der Waals surface area (Å²) in [4.78, 5) is 0. The molecule has 3 aromatic carbocycles. The van der Waals surface area contributed by atoms with Crippen LogP contribution in [0.1, 0.15) is 16.7 Å². The first kappa shape index (κ1) is 17.3. The van der Waals surface area contributed by atoms with E-state index in [0.29, 0.717) is 13.2 Å². The molecular weight excluding hydrogens is 337 g/mol. The van der Waals surface area contributed by atoms with Gasteiger partial charge in [0.1, 0.15) is 18.2 Å². The molecule has 0 bridgehead atoms. The molecule has 4 heteroatoms. The molecule has 0 amide bonds. The largest absolute Gasteiger partial charge is 0.489 e. The molecule has 0 aliphatic heterocycles. The van der Waals surface area contributed by atoms with E-state index < -0.39 is 0 Å². The molecule has 0 heterocycles. The SMILES string of the molecule is Cc1ccc(Cl)cc1NCc1ccc(OCc2ccc(F)cc2)cc1. The number of rotatable bonds is 6. The van der Waals surface area contributed by atoms with E-state index in [1.807, 2.05) is 49.4 Å². The van der Waals surface area contributed by atoms with E-state index in [2.05, 4.69) is 5.32 Å². The van der Waals surface area contributed by atoms with Crippen LogP contribution in [0.5, 0.6) is 5.75 Å². The van der Waals surface area contributed by atoms with Gasteiger partial charge in [-0.3, -0.25) is 0 Å². The highest BCUT2D eigenvalue weighted by Crippen LogP contribution is 2.21. The van der Waals surface area contributed by atoms with Crippen molar-refractivity contribution in [3.63, 3.8) is 0 Å². The second-order valence-corrected chi connectivity index (χ2v) is 6.31. The molecule has 0 spiro atoms. The number of nitrogens with one attached hydrogen (secondary N) is 1. The van der Waals surface area contributed by atoms with Crippen molar-refractivity contribution in [1.29, 1.82) is 0 Å². The quantitative estimate of drug-likeness (QED) is 0.587. The van der Waals surface area contributed by atoms with Gasteiger partial charge in [0.2, 0.25) is 0 Å². The van der Waals surface area contributed by atoms with Gasteiger partial charge < -0.3 is 10.1 Å². The van der Waals surface area contributed by atoms with Crippen LogP contribution in [-0.4, -0.2) is 0 Å². The first-order chi connectivity index (χ1) is 12.1. The minimum Gasteiger partial charge on any atom is -0.489 e. The van der Waals surface area contributed by atoms with Gasteiger partial charge in [0.25, 0.3) is 0 Å². The van der Waals surface area contributed by atoms with Crippen LogP contribution in [0, 0.1) is 12.7 Å². The third-order valence-electron chi connectivity index (χ3n) is 3.92. The fraction of sp³-hybridized carbons (Fsp3) is 0.143. The molecule has 25 heavy (non-hydrogen) atoms. The lowest BCUT2D eigenvalue weighted by Crippen LogP contribution is -2.01. The smallest absolute Gasteiger partial charge is 0.123 e. The van der Waals surface area contributed by atoms with Crippen LogP contribution < -0.4 is 10.1 Å². The lowest BCUT2D eigenvalue weighted by atomic mass is 10.1. The van der Waals surface area contributed by atoms with Gasteiger partial charge in [-0.1, -0.05) is 41.9 Å². The zero-order valence-electron chi connectivity index (χ0n) is 13.9. The van der Waals surface area contributed by atoms with Crippen LogP contribution in [0.3, 0.4) is 0 Å². The highest BCUT2D eigenvalue weighted by atomic mass is 35.5. The van der Waals surface area contributed by atoms with Gasteiger partial charge in [-0.05, 0) is 60.0 Å². The molecular formula is C21H19ClFNO. The molecule has 3 rings (SSSR count). The topological polar surface area (TPSA) is 21.3 Å². The van der Waals surface area contributed by atoms with Crippen LogP contribution in [0.2, 0.25) is 5.02 Å². The second kappa shape index (κ2) is 8.04. The van der Waals surface area contributed by atoms with Gasteiger partial charge in [0, 0.05) is 17.3 Å². The van der Waals surface area contributed by atoms with Crippen LogP contribution in [0.4, 0.5) is 10.1 Å². The average Bonchev–Trinajstić information content (AvgIpc) is 2.63. The minimum absolute atomic E-state index is 0.240. The Morgan fingerprint density at radius 2 is 1.60 bits per heavy atom. The molecule has 3 aromatic rings. The Kier molecular flexibility index (Phi) is 5.56. The number of hydrogen-bond acceptors (Lipinski definition) is 2. The molecule has 128 valence electrons. The van der Waals surface area contributed by atoms with Gasteiger partial charge in [-0.15, -0.1) is 0 Å². The van der Waals surface area contributed by atoms with E-state index in [1.165, 1.54) is 12.1 Å². The molecule has 0 aliphatic carbocycles. The van der Waals surface area contributed by atoms with Crippen LogP contribution in [0.15, 0.2) is 66.7 Å². The van der Waals surface area contributed by atoms with Gasteiger partial charge in [0.05, 0.1) is 0 Å². The van der Waals surface area contributed by atoms with Crippen molar-refractivity contribution < 1.29 is 9.13 Å². The maximum absolute atomic E-state index is 12.9. The number of benzene rings is 3. The second-order valence-electron chi connectivity index (χ2n) is 5.87. The first-order valence-electron chi connectivity index (χ1n) is 8.06. The summed E-state index contributed by atoms with van der Waals surface area (Å²) < 4.78 is 18.6. The molecule has 0 atom stereocenters. The Morgan fingerprint density at radius 3 is 2.32 bits per heavy atom. The summed E-state index contributed by atoms with van der Waals surface area (Å²) in [5, 5.41) is 4.11. The number of aryl methyl sites for hydroxylation is 1. The molecule has 2 nitrogen and oxygen atoms in total. The third kappa shape index (κ3) is 4.97.